The standard InChI is InChI=1S/C9H15N3O2/c1-7(2)3-4-12-6-8(10-11-12)5-9(13)14/h6-7H,3-5H2,1-2H3,(H,13,14). The lowest BCUT2D eigenvalue weighted by molar-refractivity contribution is -0.136. The Kier molecular flexibility index (Phi) is 3.62. The maximum atomic E-state index is 10.4. The molecule has 0 bridgehead atoms. The van der Waals surface area contributed by atoms with Crippen LogP contribution >= 0.6 is 0 Å². The van der Waals surface area contributed by atoms with Crippen LogP contribution in [0.4, 0.5) is 0 Å². The molecule has 0 aliphatic heterocycles. The van der Waals surface area contributed by atoms with Crippen molar-refractivity contribution in [2.75, 3.05) is 0 Å². The van der Waals surface area contributed by atoms with Gasteiger partial charge in [0.1, 0.15) is 0 Å². The third kappa shape index (κ3) is 3.55. The zero-order valence-corrected chi connectivity index (χ0v) is 8.47. The smallest absolute Gasteiger partial charge is 0.309 e. The van der Waals surface area contributed by atoms with Crippen molar-refractivity contribution in [2.45, 2.75) is 33.2 Å². The van der Waals surface area contributed by atoms with Crippen molar-refractivity contribution in [3.8, 4) is 0 Å². The molecule has 0 aliphatic carbocycles. The number of rotatable bonds is 5. The normalized spacial score (nSPS) is 10.8. The Morgan fingerprint density at radius 1 is 1.64 bits per heavy atom. The molecule has 5 nitrogen and oxygen atoms in total. The van der Waals surface area contributed by atoms with Crippen molar-refractivity contribution >= 4 is 5.97 Å². The van der Waals surface area contributed by atoms with E-state index >= 15 is 0 Å². The first-order chi connectivity index (χ1) is 6.58. The predicted molar refractivity (Wildman–Crippen MR) is 50.8 cm³/mol. The first-order valence-corrected chi connectivity index (χ1v) is 4.68. The van der Waals surface area contributed by atoms with Gasteiger partial charge in [0.15, 0.2) is 0 Å². The first-order valence-electron chi connectivity index (χ1n) is 4.68. The Labute approximate surface area is 82.7 Å². The van der Waals surface area contributed by atoms with Gasteiger partial charge in [-0.1, -0.05) is 19.1 Å². The van der Waals surface area contributed by atoms with Crippen molar-refractivity contribution in [2.24, 2.45) is 5.92 Å². The summed E-state index contributed by atoms with van der Waals surface area (Å²) < 4.78 is 1.69. The summed E-state index contributed by atoms with van der Waals surface area (Å²) in [4.78, 5) is 10.4. The molecule has 0 saturated heterocycles. The number of hydrogen-bond donors (Lipinski definition) is 1. The van der Waals surface area contributed by atoms with Crippen LogP contribution in [0.15, 0.2) is 6.20 Å². The van der Waals surface area contributed by atoms with Gasteiger partial charge in [-0.15, -0.1) is 5.10 Å². The van der Waals surface area contributed by atoms with Crippen molar-refractivity contribution in [1.29, 1.82) is 0 Å². The average Bonchev–Trinajstić information content (AvgIpc) is 2.47. The number of nitrogens with zero attached hydrogens (tertiary/aromatic N) is 3. The fraction of sp³-hybridized carbons (Fsp3) is 0.667. The molecule has 0 fully saturated rings. The summed E-state index contributed by atoms with van der Waals surface area (Å²) in [6.45, 7) is 5.06. The van der Waals surface area contributed by atoms with Crippen LogP contribution in [-0.2, 0) is 17.8 Å². The van der Waals surface area contributed by atoms with Gasteiger partial charge in [-0.3, -0.25) is 9.48 Å². The van der Waals surface area contributed by atoms with Crippen LogP contribution in [0.5, 0.6) is 0 Å². The Morgan fingerprint density at radius 3 is 2.93 bits per heavy atom. The van der Waals surface area contributed by atoms with Gasteiger partial charge in [-0.25, -0.2) is 0 Å². The molecule has 78 valence electrons. The highest BCUT2D eigenvalue weighted by atomic mass is 16.4. The van der Waals surface area contributed by atoms with Crippen molar-refractivity contribution in [3.05, 3.63) is 11.9 Å². The second-order valence-electron chi connectivity index (χ2n) is 3.73. The lowest BCUT2D eigenvalue weighted by Gasteiger charge is -2.02. The Morgan fingerprint density at radius 2 is 2.36 bits per heavy atom. The van der Waals surface area contributed by atoms with Gasteiger partial charge in [0.2, 0.25) is 0 Å². The molecular formula is C9H15N3O2. The molecule has 1 N–H and O–H groups in total. The highest BCUT2D eigenvalue weighted by molar-refractivity contribution is 5.69. The molecule has 0 saturated carbocycles. The van der Waals surface area contributed by atoms with E-state index < -0.39 is 5.97 Å². The van der Waals surface area contributed by atoms with E-state index in [1.807, 2.05) is 0 Å². The summed E-state index contributed by atoms with van der Waals surface area (Å²) in [6.07, 6.45) is 2.66. The molecule has 14 heavy (non-hydrogen) atoms. The van der Waals surface area contributed by atoms with E-state index in [4.69, 9.17) is 5.11 Å². The number of aromatic nitrogens is 3. The number of carboxylic acids is 1. The van der Waals surface area contributed by atoms with Crippen molar-refractivity contribution < 1.29 is 9.90 Å². The van der Waals surface area contributed by atoms with E-state index in [1.165, 1.54) is 0 Å². The number of aliphatic carboxylic acids is 1. The summed E-state index contributed by atoms with van der Waals surface area (Å²) in [7, 11) is 0. The lowest BCUT2D eigenvalue weighted by Crippen LogP contribution is -2.02. The molecule has 5 heteroatoms. The molecule has 1 aromatic rings. The zero-order chi connectivity index (χ0) is 10.6. The van der Waals surface area contributed by atoms with Crippen molar-refractivity contribution in [1.82, 2.24) is 15.0 Å². The SMILES string of the molecule is CC(C)CCn1cc(CC(=O)O)nn1. The van der Waals surface area contributed by atoms with Gasteiger partial charge in [0, 0.05) is 12.7 Å². The molecule has 0 aromatic carbocycles. The number of hydrogen-bond acceptors (Lipinski definition) is 3. The second kappa shape index (κ2) is 4.74. The maximum absolute atomic E-state index is 10.4. The van der Waals surface area contributed by atoms with Crippen LogP contribution in [0.25, 0.3) is 0 Å². The number of aryl methyl sites for hydroxylation is 1. The highest BCUT2D eigenvalue weighted by Crippen LogP contribution is 2.02. The highest BCUT2D eigenvalue weighted by Gasteiger charge is 2.05. The Balaban J connectivity index is 2.46. The molecule has 1 heterocycles. The molecule has 0 unspecified atom stereocenters. The Hall–Kier alpha value is -1.39. The minimum atomic E-state index is -0.874. The summed E-state index contributed by atoms with van der Waals surface area (Å²) >= 11 is 0. The molecule has 0 amide bonds. The fourth-order valence-corrected chi connectivity index (χ4v) is 1.07. The van der Waals surface area contributed by atoms with Gasteiger partial charge < -0.3 is 5.11 Å². The molecule has 0 aliphatic rings. The third-order valence-corrected chi connectivity index (χ3v) is 1.85. The number of carboxylic acid groups (broad SMARTS) is 1. The molecule has 1 rings (SSSR count). The summed E-state index contributed by atoms with van der Waals surface area (Å²) in [5.41, 5.74) is 0.515. The van der Waals surface area contributed by atoms with E-state index in [1.54, 1.807) is 10.9 Å². The van der Waals surface area contributed by atoms with Crippen LogP contribution in [0.3, 0.4) is 0 Å². The molecule has 0 spiro atoms. The zero-order valence-electron chi connectivity index (χ0n) is 8.47. The average molecular weight is 197 g/mol. The Bertz CT molecular complexity index is 307. The topological polar surface area (TPSA) is 68.0 Å². The van der Waals surface area contributed by atoms with E-state index in [9.17, 15) is 4.79 Å². The molecule has 0 radical (unpaired) electrons. The van der Waals surface area contributed by atoms with E-state index in [-0.39, 0.29) is 6.42 Å². The summed E-state index contributed by atoms with van der Waals surface area (Å²) in [6, 6.07) is 0. The minimum absolute atomic E-state index is 0.0539. The molecule has 0 atom stereocenters. The van der Waals surface area contributed by atoms with Crippen LogP contribution in [-0.4, -0.2) is 26.1 Å². The van der Waals surface area contributed by atoms with Gasteiger partial charge in [0.25, 0.3) is 0 Å². The van der Waals surface area contributed by atoms with Crippen LogP contribution < -0.4 is 0 Å². The lowest BCUT2D eigenvalue weighted by atomic mass is 10.1. The third-order valence-electron chi connectivity index (χ3n) is 1.85. The first kappa shape index (κ1) is 10.7. The number of carbonyl (C=O) groups is 1. The van der Waals surface area contributed by atoms with Gasteiger partial charge >= 0.3 is 5.97 Å². The van der Waals surface area contributed by atoms with Crippen LogP contribution in [0.2, 0.25) is 0 Å². The van der Waals surface area contributed by atoms with Crippen molar-refractivity contribution in [3.63, 3.8) is 0 Å². The molecule has 1 aromatic heterocycles. The van der Waals surface area contributed by atoms with E-state index in [2.05, 4.69) is 24.2 Å². The van der Waals surface area contributed by atoms with Crippen LogP contribution in [0, 0.1) is 5.92 Å². The molecular weight excluding hydrogens is 182 g/mol. The second-order valence-corrected chi connectivity index (χ2v) is 3.73. The summed E-state index contributed by atoms with van der Waals surface area (Å²) in [5, 5.41) is 16.1. The van der Waals surface area contributed by atoms with Gasteiger partial charge in [0.05, 0.1) is 12.1 Å². The van der Waals surface area contributed by atoms with Gasteiger partial charge in [-0.2, -0.15) is 0 Å². The predicted octanol–water partition coefficient (Wildman–Crippen LogP) is 0.951. The maximum Gasteiger partial charge on any atom is 0.309 e. The monoisotopic (exact) mass is 197 g/mol. The largest absolute Gasteiger partial charge is 0.481 e. The fourth-order valence-electron chi connectivity index (χ4n) is 1.07. The van der Waals surface area contributed by atoms with E-state index in [0.717, 1.165) is 13.0 Å². The quantitative estimate of drug-likeness (QED) is 0.763. The van der Waals surface area contributed by atoms with Crippen LogP contribution in [0.1, 0.15) is 26.0 Å². The van der Waals surface area contributed by atoms with Gasteiger partial charge in [-0.05, 0) is 12.3 Å². The summed E-state index contributed by atoms with van der Waals surface area (Å²) in [5.74, 6) is -0.261. The van der Waals surface area contributed by atoms with E-state index in [0.29, 0.717) is 11.6 Å². The minimum Gasteiger partial charge on any atom is -0.481 e.